The average Bonchev–Trinajstić information content (AvgIpc) is 3.32. The lowest BCUT2D eigenvalue weighted by Gasteiger charge is -2.09. The van der Waals surface area contributed by atoms with Gasteiger partial charge in [-0.15, -0.1) is 11.3 Å². The van der Waals surface area contributed by atoms with Crippen molar-refractivity contribution in [1.82, 2.24) is 20.8 Å². The molecular weight excluding hydrogens is 370 g/mol. The van der Waals surface area contributed by atoms with Gasteiger partial charge in [-0.05, 0) is 42.8 Å². The van der Waals surface area contributed by atoms with Crippen LogP contribution in [-0.2, 0) is 19.5 Å². The fraction of sp³-hybridized carbons (Fsp3) is 0.278. The fourth-order valence-corrected chi connectivity index (χ4v) is 3.32. The molecule has 136 valence electrons. The standard InChI is InChI=1S/C18H20ClN5OS/c1-3-14-8-9-15(26-14)10-21-18(20-2)22-11-16-23-17(24-25-16)12-4-6-13(19)7-5-12/h4-9H,3,10-11H2,1-2H3,(H2,20,21,22). The van der Waals surface area contributed by atoms with Crippen LogP contribution in [0.4, 0.5) is 0 Å². The number of hydrogen-bond acceptors (Lipinski definition) is 5. The van der Waals surface area contributed by atoms with E-state index in [2.05, 4.69) is 44.8 Å². The number of aromatic nitrogens is 2. The van der Waals surface area contributed by atoms with Crippen molar-refractivity contribution >= 4 is 28.9 Å². The molecule has 2 aromatic heterocycles. The van der Waals surface area contributed by atoms with Gasteiger partial charge in [-0.1, -0.05) is 23.7 Å². The second-order valence-corrected chi connectivity index (χ2v) is 7.21. The number of rotatable bonds is 6. The molecule has 2 heterocycles. The zero-order chi connectivity index (χ0) is 18.4. The van der Waals surface area contributed by atoms with Gasteiger partial charge in [0.1, 0.15) is 0 Å². The summed E-state index contributed by atoms with van der Waals surface area (Å²) in [7, 11) is 1.73. The number of nitrogens with one attached hydrogen (secondary N) is 2. The summed E-state index contributed by atoms with van der Waals surface area (Å²) in [5.74, 6) is 1.71. The molecule has 1 aromatic carbocycles. The first-order valence-corrected chi connectivity index (χ1v) is 9.48. The van der Waals surface area contributed by atoms with Gasteiger partial charge in [0.05, 0.1) is 13.1 Å². The molecule has 0 saturated heterocycles. The van der Waals surface area contributed by atoms with E-state index in [-0.39, 0.29) is 0 Å². The van der Waals surface area contributed by atoms with Gasteiger partial charge in [0.15, 0.2) is 5.96 Å². The summed E-state index contributed by atoms with van der Waals surface area (Å²) in [6.07, 6.45) is 1.06. The number of nitrogens with zero attached hydrogens (tertiary/aromatic N) is 3. The largest absolute Gasteiger partial charge is 0.352 e. The van der Waals surface area contributed by atoms with Crippen molar-refractivity contribution in [2.45, 2.75) is 26.4 Å². The second kappa shape index (κ2) is 8.82. The van der Waals surface area contributed by atoms with E-state index in [0.29, 0.717) is 29.2 Å². The Hall–Kier alpha value is -2.38. The number of halogens is 1. The first-order valence-electron chi connectivity index (χ1n) is 8.28. The van der Waals surface area contributed by atoms with Crippen LogP contribution in [0.25, 0.3) is 11.4 Å². The maximum atomic E-state index is 5.89. The molecule has 8 heteroatoms. The third-order valence-corrected chi connectivity index (χ3v) is 5.18. The van der Waals surface area contributed by atoms with Gasteiger partial charge in [-0.3, -0.25) is 4.99 Å². The van der Waals surface area contributed by atoms with Crippen LogP contribution in [-0.4, -0.2) is 23.1 Å². The summed E-state index contributed by atoms with van der Waals surface area (Å²) < 4.78 is 5.29. The summed E-state index contributed by atoms with van der Waals surface area (Å²) in [5.41, 5.74) is 0.858. The zero-order valence-corrected chi connectivity index (χ0v) is 16.2. The molecule has 0 amide bonds. The van der Waals surface area contributed by atoms with E-state index in [0.717, 1.165) is 18.5 Å². The molecule has 0 bridgehead atoms. The van der Waals surface area contributed by atoms with Crippen LogP contribution in [0.5, 0.6) is 0 Å². The van der Waals surface area contributed by atoms with E-state index in [9.17, 15) is 0 Å². The van der Waals surface area contributed by atoms with Gasteiger partial charge >= 0.3 is 0 Å². The Morgan fingerprint density at radius 1 is 1.12 bits per heavy atom. The van der Waals surface area contributed by atoms with Crippen molar-refractivity contribution in [3.8, 4) is 11.4 Å². The van der Waals surface area contributed by atoms with Gasteiger partial charge in [0.2, 0.25) is 11.7 Å². The van der Waals surface area contributed by atoms with Crippen molar-refractivity contribution in [1.29, 1.82) is 0 Å². The maximum absolute atomic E-state index is 5.89. The summed E-state index contributed by atoms with van der Waals surface area (Å²) in [4.78, 5) is 11.3. The van der Waals surface area contributed by atoms with Gasteiger partial charge in [0.25, 0.3) is 0 Å². The lowest BCUT2D eigenvalue weighted by molar-refractivity contribution is 0.375. The minimum atomic E-state index is 0.394. The van der Waals surface area contributed by atoms with Crippen molar-refractivity contribution in [2.24, 2.45) is 4.99 Å². The molecule has 0 unspecified atom stereocenters. The van der Waals surface area contributed by atoms with Gasteiger partial charge in [-0.2, -0.15) is 4.98 Å². The van der Waals surface area contributed by atoms with Crippen molar-refractivity contribution in [3.05, 3.63) is 57.1 Å². The topological polar surface area (TPSA) is 75.3 Å². The molecular formula is C18H20ClN5OS. The molecule has 3 rings (SSSR count). The molecule has 0 radical (unpaired) electrons. The highest BCUT2D eigenvalue weighted by molar-refractivity contribution is 7.11. The maximum Gasteiger partial charge on any atom is 0.246 e. The minimum Gasteiger partial charge on any atom is -0.352 e. The van der Waals surface area contributed by atoms with Crippen molar-refractivity contribution < 1.29 is 4.52 Å². The molecule has 0 saturated carbocycles. The average molecular weight is 390 g/mol. The van der Waals surface area contributed by atoms with Crippen LogP contribution >= 0.6 is 22.9 Å². The van der Waals surface area contributed by atoms with Gasteiger partial charge < -0.3 is 15.2 Å². The smallest absolute Gasteiger partial charge is 0.246 e. The predicted octanol–water partition coefficient (Wildman–Crippen LogP) is 3.88. The molecule has 3 aromatic rings. The second-order valence-electron chi connectivity index (χ2n) is 5.52. The van der Waals surface area contributed by atoms with Crippen LogP contribution in [0.15, 0.2) is 45.9 Å². The minimum absolute atomic E-state index is 0.394. The van der Waals surface area contributed by atoms with E-state index < -0.39 is 0 Å². The Balaban J connectivity index is 1.53. The number of aliphatic imine (C=N–C) groups is 1. The highest BCUT2D eigenvalue weighted by Gasteiger charge is 2.09. The number of hydrogen-bond donors (Lipinski definition) is 2. The molecule has 0 aliphatic rings. The van der Waals surface area contributed by atoms with Crippen LogP contribution in [0.1, 0.15) is 22.6 Å². The highest BCUT2D eigenvalue weighted by Crippen LogP contribution is 2.18. The Morgan fingerprint density at radius 2 is 1.85 bits per heavy atom. The lowest BCUT2D eigenvalue weighted by Crippen LogP contribution is -2.36. The van der Waals surface area contributed by atoms with Crippen molar-refractivity contribution in [3.63, 3.8) is 0 Å². The van der Waals surface area contributed by atoms with E-state index in [4.69, 9.17) is 16.1 Å². The van der Waals surface area contributed by atoms with Crippen LogP contribution in [0, 0.1) is 0 Å². The fourth-order valence-electron chi connectivity index (χ4n) is 2.30. The Morgan fingerprint density at radius 3 is 2.54 bits per heavy atom. The summed E-state index contributed by atoms with van der Waals surface area (Å²) in [6, 6.07) is 11.6. The van der Waals surface area contributed by atoms with Crippen LogP contribution in [0.3, 0.4) is 0 Å². The number of aryl methyl sites for hydroxylation is 1. The summed E-state index contributed by atoms with van der Waals surface area (Å²) >= 11 is 7.70. The quantitative estimate of drug-likeness (QED) is 0.494. The van der Waals surface area contributed by atoms with Crippen molar-refractivity contribution in [2.75, 3.05) is 7.05 Å². The van der Waals surface area contributed by atoms with Crippen LogP contribution < -0.4 is 10.6 Å². The normalized spacial score (nSPS) is 11.6. The van der Waals surface area contributed by atoms with Gasteiger partial charge in [-0.25, -0.2) is 0 Å². The SMILES string of the molecule is CCc1ccc(CNC(=NC)NCc2nc(-c3ccc(Cl)cc3)no2)s1. The van der Waals surface area contributed by atoms with Crippen LogP contribution in [0.2, 0.25) is 5.02 Å². The van der Waals surface area contributed by atoms with E-state index in [1.54, 1.807) is 30.5 Å². The number of benzene rings is 1. The molecule has 0 spiro atoms. The molecule has 2 N–H and O–H groups in total. The molecule has 0 aliphatic heterocycles. The molecule has 0 atom stereocenters. The molecule has 6 nitrogen and oxygen atoms in total. The van der Waals surface area contributed by atoms with E-state index >= 15 is 0 Å². The van der Waals surface area contributed by atoms with Gasteiger partial charge in [0, 0.05) is 27.4 Å². The predicted molar refractivity (Wildman–Crippen MR) is 105 cm³/mol. The summed E-state index contributed by atoms with van der Waals surface area (Å²) in [5, 5.41) is 11.1. The molecule has 26 heavy (non-hydrogen) atoms. The Labute approximate surface area is 161 Å². The lowest BCUT2D eigenvalue weighted by atomic mass is 10.2. The third kappa shape index (κ3) is 4.83. The number of thiophene rings is 1. The van der Waals surface area contributed by atoms with E-state index in [1.165, 1.54) is 9.75 Å². The summed E-state index contributed by atoms with van der Waals surface area (Å²) in [6.45, 7) is 3.28. The zero-order valence-electron chi connectivity index (χ0n) is 14.6. The monoisotopic (exact) mass is 389 g/mol. The molecule has 0 aliphatic carbocycles. The first-order chi connectivity index (χ1) is 12.7. The third-order valence-electron chi connectivity index (χ3n) is 3.70. The highest BCUT2D eigenvalue weighted by atomic mass is 35.5. The first kappa shape index (κ1) is 18.4. The number of guanidine groups is 1. The Bertz CT molecular complexity index is 872. The van der Waals surface area contributed by atoms with E-state index in [1.807, 2.05) is 12.1 Å². The molecule has 0 fully saturated rings. The Kier molecular flexibility index (Phi) is 6.25.